The number of carbonyl (C=O) groups excluding carboxylic acids is 1. The van der Waals surface area contributed by atoms with Crippen LogP contribution in [0, 0.1) is 6.92 Å². The maximum atomic E-state index is 13.5. The number of aromatic nitrogens is 2. The molecule has 0 atom stereocenters. The Hall–Kier alpha value is -3.99. The molecule has 0 amide bonds. The van der Waals surface area contributed by atoms with Gasteiger partial charge < -0.3 is 5.11 Å². The molecule has 0 bridgehead atoms. The van der Waals surface area contributed by atoms with Crippen molar-refractivity contribution < 1.29 is 9.90 Å². The van der Waals surface area contributed by atoms with Gasteiger partial charge in [0.25, 0.3) is 5.56 Å². The number of hydrogen-bond acceptors (Lipinski definition) is 4. The summed E-state index contributed by atoms with van der Waals surface area (Å²) in [4.78, 5) is 30.8. The number of aromatic hydroxyl groups is 1. The minimum atomic E-state index is -0.615. The molecule has 142 valence electrons. The molecule has 1 aromatic heterocycles. The van der Waals surface area contributed by atoms with Crippen molar-refractivity contribution in [2.75, 3.05) is 0 Å². The van der Waals surface area contributed by atoms with Crippen LogP contribution in [0.2, 0.25) is 0 Å². The van der Waals surface area contributed by atoms with Gasteiger partial charge in [-0.25, -0.2) is 0 Å². The van der Waals surface area contributed by atoms with Crippen molar-refractivity contribution in [3.8, 4) is 23.0 Å². The number of hydrogen-bond donors (Lipinski definition) is 1. The monoisotopic (exact) mass is 382 g/mol. The van der Waals surface area contributed by atoms with Crippen molar-refractivity contribution in [3.05, 3.63) is 112 Å². The molecule has 0 aliphatic rings. The maximum absolute atomic E-state index is 13.5. The molecule has 0 spiro atoms. The third-order valence-electron chi connectivity index (χ3n) is 4.73. The van der Waals surface area contributed by atoms with Crippen LogP contribution < -0.4 is 5.56 Å². The van der Waals surface area contributed by atoms with Crippen LogP contribution in [0.1, 0.15) is 21.5 Å². The zero-order valence-corrected chi connectivity index (χ0v) is 15.7. The number of aryl methyl sites for hydroxylation is 1. The number of rotatable bonds is 4. The number of benzene rings is 3. The largest absolute Gasteiger partial charge is 0.493 e. The van der Waals surface area contributed by atoms with Crippen LogP contribution in [0.25, 0.3) is 17.1 Å². The van der Waals surface area contributed by atoms with Gasteiger partial charge >= 0.3 is 0 Å². The van der Waals surface area contributed by atoms with Crippen molar-refractivity contribution >= 4 is 5.78 Å². The van der Waals surface area contributed by atoms with E-state index in [4.69, 9.17) is 0 Å². The lowest BCUT2D eigenvalue weighted by molar-refractivity contribution is 0.103. The molecule has 1 heterocycles. The van der Waals surface area contributed by atoms with Gasteiger partial charge in [-0.05, 0) is 24.6 Å². The first-order valence-electron chi connectivity index (χ1n) is 9.15. The Morgan fingerprint density at radius 1 is 0.862 bits per heavy atom. The summed E-state index contributed by atoms with van der Waals surface area (Å²) in [6.45, 7) is 1.78. The first-order chi connectivity index (χ1) is 14.1. The fraction of sp³-hybridized carbons (Fsp3) is 0.0417. The van der Waals surface area contributed by atoms with Gasteiger partial charge in [0.05, 0.1) is 5.69 Å². The van der Waals surface area contributed by atoms with E-state index in [9.17, 15) is 14.7 Å². The average Bonchev–Trinajstić information content (AvgIpc) is 2.75. The highest BCUT2D eigenvalue weighted by atomic mass is 16.3. The fourth-order valence-electron chi connectivity index (χ4n) is 3.27. The highest BCUT2D eigenvalue weighted by Gasteiger charge is 2.25. The average molecular weight is 382 g/mol. The summed E-state index contributed by atoms with van der Waals surface area (Å²) >= 11 is 0. The van der Waals surface area contributed by atoms with E-state index in [-0.39, 0.29) is 11.4 Å². The maximum Gasteiger partial charge on any atom is 0.273 e. The summed E-state index contributed by atoms with van der Waals surface area (Å²) in [6, 6.07) is 25.0. The quantitative estimate of drug-likeness (QED) is 0.538. The van der Waals surface area contributed by atoms with Crippen molar-refractivity contribution in [3.63, 3.8) is 0 Å². The molecule has 4 rings (SSSR count). The second-order valence-electron chi connectivity index (χ2n) is 6.62. The number of carbonyl (C=O) groups is 1. The second-order valence-corrected chi connectivity index (χ2v) is 6.62. The summed E-state index contributed by atoms with van der Waals surface area (Å²) < 4.78 is 1.36. The van der Waals surface area contributed by atoms with E-state index in [1.54, 1.807) is 61.5 Å². The molecule has 4 aromatic rings. The van der Waals surface area contributed by atoms with Gasteiger partial charge in [0, 0.05) is 11.1 Å². The molecular formula is C24H18N2O3. The fourth-order valence-corrected chi connectivity index (χ4v) is 3.27. The minimum absolute atomic E-state index is 0.264. The van der Waals surface area contributed by atoms with Gasteiger partial charge in [0.1, 0.15) is 0 Å². The summed E-state index contributed by atoms with van der Waals surface area (Å²) in [5, 5.41) is 10.6. The first kappa shape index (κ1) is 18.4. The normalized spacial score (nSPS) is 10.7. The molecule has 0 aliphatic carbocycles. The van der Waals surface area contributed by atoms with Gasteiger partial charge in [-0.3, -0.25) is 14.2 Å². The molecule has 0 unspecified atom stereocenters. The third-order valence-corrected chi connectivity index (χ3v) is 4.73. The summed E-state index contributed by atoms with van der Waals surface area (Å²) in [5.41, 5.74) is 1.32. The van der Waals surface area contributed by atoms with Crippen LogP contribution in [0.4, 0.5) is 0 Å². The van der Waals surface area contributed by atoms with Crippen molar-refractivity contribution in [1.29, 1.82) is 0 Å². The van der Waals surface area contributed by atoms with E-state index in [1.165, 1.54) is 4.57 Å². The van der Waals surface area contributed by atoms with E-state index in [1.807, 2.05) is 30.3 Å². The smallest absolute Gasteiger partial charge is 0.273 e. The molecule has 29 heavy (non-hydrogen) atoms. The van der Waals surface area contributed by atoms with E-state index in [0.29, 0.717) is 16.8 Å². The highest BCUT2D eigenvalue weighted by molar-refractivity contribution is 6.11. The topological polar surface area (TPSA) is 72.2 Å². The van der Waals surface area contributed by atoms with E-state index < -0.39 is 17.2 Å². The predicted molar refractivity (Wildman–Crippen MR) is 112 cm³/mol. The van der Waals surface area contributed by atoms with Gasteiger partial charge in [-0.1, -0.05) is 72.8 Å². The number of ketones is 1. The Labute approximate surface area is 167 Å². The Morgan fingerprint density at radius 2 is 1.45 bits per heavy atom. The summed E-state index contributed by atoms with van der Waals surface area (Å²) in [7, 11) is 0. The Kier molecular flexibility index (Phi) is 4.79. The lowest BCUT2D eigenvalue weighted by Crippen LogP contribution is -2.28. The van der Waals surface area contributed by atoms with Crippen LogP contribution in [-0.4, -0.2) is 20.4 Å². The molecule has 0 saturated heterocycles. The third kappa shape index (κ3) is 3.34. The van der Waals surface area contributed by atoms with Crippen LogP contribution in [-0.2, 0) is 0 Å². The standard InChI is InChI=1S/C24H18N2O3/c1-16-10-8-9-15-19(16)21(27)20-23(28)25-22(17-11-4-2-5-12-17)26(24(20)29)18-13-6-3-7-14-18/h2-15,28H,1H3. The first-order valence-corrected chi connectivity index (χ1v) is 9.15. The zero-order valence-electron chi connectivity index (χ0n) is 15.7. The van der Waals surface area contributed by atoms with Crippen molar-refractivity contribution in [1.82, 2.24) is 9.55 Å². The summed E-state index contributed by atoms with van der Waals surface area (Å²) in [5.74, 6) is -0.864. The van der Waals surface area contributed by atoms with Crippen LogP contribution in [0.3, 0.4) is 0 Å². The van der Waals surface area contributed by atoms with Gasteiger partial charge in [-0.2, -0.15) is 4.98 Å². The lowest BCUT2D eigenvalue weighted by atomic mass is 10.0. The Balaban J connectivity index is 2.02. The molecule has 0 fully saturated rings. The molecular weight excluding hydrogens is 364 g/mol. The zero-order chi connectivity index (χ0) is 20.4. The van der Waals surface area contributed by atoms with Crippen LogP contribution >= 0.6 is 0 Å². The van der Waals surface area contributed by atoms with Crippen LogP contribution in [0.15, 0.2) is 89.7 Å². The van der Waals surface area contributed by atoms with E-state index in [2.05, 4.69) is 4.98 Å². The van der Waals surface area contributed by atoms with E-state index >= 15 is 0 Å². The van der Waals surface area contributed by atoms with Crippen molar-refractivity contribution in [2.45, 2.75) is 6.92 Å². The van der Waals surface area contributed by atoms with E-state index in [0.717, 1.165) is 5.56 Å². The van der Waals surface area contributed by atoms with Crippen LogP contribution in [0.5, 0.6) is 5.88 Å². The number of para-hydroxylation sites is 1. The molecule has 1 N–H and O–H groups in total. The molecule has 5 nitrogen and oxygen atoms in total. The van der Waals surface area contributed by atoms with Gasteiger partial charge in [0.2, 0.25) is 11.7 Å². The minimum Gasteiger partial charge on any atom is -0.493 e. The second kappa shape index (κ2) is 7.56. The lowest BCUT2D eigenvalue weighted by Gasteiger charge is -2.15. The molecule has 0 aliphatic heterocycles. The molecule has 0 saturated carbocycles. The summed E-state index contributed by atoms with van der Waals surface area (Å²) in [6.07, 6.45) is 0. The molecule has 3 aromatic carbocycles. The van der Waals surface area contributed by atoms with Crippen molar-refractivity contribution in [2.24, 2.45) is 0 Å². The predicted octanol–water partition coefficient (Wildman–Crippen LogP) is 4.14. The highest BCUT2D eigenvalue weighted by Crippen LogP contribution is 2.25. The van der Waals surface area contributed by atoms with Gasteiger partial charge in [-0.15, -0.1) is 0 Å². The van der Waals surface area contributed by atoms with Gasteiger partial charge in [0.15, 0.2) is 11.4 Å². The SMILES string of the molecule is Cc1ccccc1C(=O)c1c(O)nc(-c2ccccc2)n(-c2ccccc2)c1=O. The molecule has 0 radical (unpaired) electrons. The number of nitrogens with zero attached hydrogens (tertiary/aromatic N) is 2. The Morgan fingerprint density at radius 3 is 2.10 bits per heavy atom. The Bertz CT molecular complexity index is 1250. The molecule has 5 heteroatoms.